The second kappa shape index (κ2) is 36.1. The van der Waals surface area contributed by atoms with Crippen LogP contribution in [0.5, 0.6) is 0 Å². The van der Waals surface area contributed by atoms with E-state index in [0.29, 0.717) is 12.0 Å². The van der Waals surface area contributed by atoms with Crippen LogP contribution in [0, 0.1) is 5.92 Å². The van der Waals surface area contributed by atoms with Gasteiger partial charge in [-0.05, 0) is 96.7 Å². The molecule has 0 saturated carbocycles. The highest BCUT2D eigenvalue weighted by molar-refractivity contribution is 6.00. The molecule has 0 aliphatic heterocycles. The lowest BCUT2D eigenvalue weighted by Crippen LogP contribution is -2.61. The molecular weight excluding hydrogens is 1130 g/mol. The van der Waals surface area contributed by atoms with Gasteiger partial charge in [-0.3, -0.25) is 62.3 Å². The van der Waals surface area contributed by atoms with Crippen molar-refractivity contribution in [3.8, 4) is 0 Å². The molecule has 0 unspecified atom stereocenters. The summed E-state index contributed by atoms with van der Waals surface area (Å²) in [6.07, 6.45) is -2.31. The van der Waals surface area contributed by atoms with Crippen LogP contribution >= 0.6 is 0 Å². The molecule has 2 aromatic rings. The Hall–Kier alpha value is -8.82. The number of hydrogen-bond acceptors (Lipinski definition) is 18. The molecule has 33 nitrogen and oxygen atoms in total. The predicted molar refractivity (Wildman–Crippen MR) is 304 cm³/mol. The maximum absolute atomic E-state index is 13.8. The highest BCUT2D eigenvalue weighted by atomic mass is 16.4. The van der Waals surface area contributed by atoms with Crippen molar-refractivity contribution in [2.75, 3.05) is 13.2 Å². The fourth-order valence-electron chi connectivity index (χ4n) is 8.28. The van der Waals surface area contributed by atoms with E-state index < -0.39 is 194 Å². The summed E-state index contributed by atoms with van der Waals surface area (Å²) in [6.45, 7) is 7.15. The first kappa shape index (κ1) is 73.3. The van der Waals surface area contributed by atoms with E-state index in [0.717, 1.165) is 17.8 Å². The normalized spacial score (nSPS) is 15.3. The third-order valence-corrected chi connectivity index (χ3v) is 13.1. The standard InChI is InChI=1S/C53H83N15O18/c1-24(2)19-37(53(85)86)66-50(82)36(21-40(57)72)65-47(79)34(14-16-39(56)71)63-44(76)26(4)59-43(75)25(3)61-52(84)42(28(6)70)68-49(81)33(13-9-10-18-54)62-45(77)27(5)60-51(83)38(23-69)67-48(80)35(15-17-41(73)74)64-46(78)31(55)20-29-22-58-32-12-8-7-11-30(29)32/h7-8,11-12,22,24-28,31,33-38,42,58,69-70H,9-10,13-21,23,54-55H2,1-6H3,(H2,56,71)(H2,57,72)(H,59,75)(H,60,83)(H,61,84)(H,62,77)(H,63,76)(H,64,78)(H,65,79)(H,66,82)(H,67,80)(H,68,81)(H,73,74)(H,85,86)/t25-,26-,27-,28+,31-,33-,34-,35-,36-,37-,38-,42-/m0/s1. The van der Waals surface area contributed by atoms with E-state index >= 15 is 0 Å². The molecule has 0 aliphatic carbocycles. The van der Waals surface area contributed by atoms with Gasteiger partial charge < -0.3 is 102 Å². The van der Waals surface area contributed by atoms with Gasteiger partial charge in [-0.1, -0.05) is 32.0 Å². The molecule has 12 amide bonds. The maximum Gasteiger partial charge on any atom is 0.326 e. The van der Waals surface area contributed by atoms with E-state index in [1.807, 2.05) is 18.2 Å². The lowest BCUT2D eigenvalue weighted by Gasteiger charge is -2.27. The van der Waals surface area contributed by atoms with Gasteiger partial charge in [0, 0.05) is 29.9 Å². The average molecular weight is 1220 g/mol. The molecule has 23 N–H and O–H groups in total. The van der Waals surface area contributed by atoms with Crippen molar-refractivity contribution in [1.29, 1.82) is 0 Å². The Bertz CT molecular complexity index is 2740. The van der Waals surface area contributed by atoms with Gasteiger partial charge in [0.1, 0.15) is 60.4 Å². The number of carboxylic acids is 2. The molecule has 0 fully saturated rings. The van der Waals surface area contributed by atoms with Gasteiger partial charge in [-0.2, -0.15) is 0 Å². The van der Waals surface area contributed by atoms with E-state index in [1.165, 1.54) is 20.8 Å². The molecule has 0 saturated heterocycles. The minimum atomic E-state index is -1.80. The number of H-pyrrole nitrogens is 1. The van der Waals surface area contributed by atoms with Crippen LogP contribution in [-0.2, 0) is 73.5 Å². The number of carbonyl (C=O) groups is 14. The van der Waals surface area contributed by atoms with Crippen LogP contribution in [-0.4, -0.2) is 194 Å². The van der Waals surface area contributed by atoms with Crippen LogP contribution in [0.4, 0.5) is 0 Å². The molecule has 0 radical (unpaired) electrons. The summed E-state index contributed by atoms with van der Waals surface area (Å²) >= 11 is 0. The number of para-hydroxylation sites is 1. The highest BCUT2D eigenvalue weighted by Crippen LogP contribution is 2.19. The number of aliphatic hydroxyl groups excluding tert-OH is 2. The predicted octanol–water partition coefficient (Wildman–Crippen LogP) is -6.42. The molecule has 478 valence electrons. The minimum absolute atomic E-state index is 0.0210. The molecule has 1 aromatic heterocycles. The molecule has 1 heterocycles. The number of nitrogens with two attached hydrogens (primary N) is 4. The summed E-state index contributed by atoms with van der Waals surface area (Å²) in [6, 6.07) is -9.84. The van der Waals surface area contributed by atoms with Crippen LogP contribution in [0.1, 0.15) is 105 Å². The molecule has 1 aromatic carbocycles. The number of fused-ring (bicyclic) bond motifs is 1. The third kappa shape index (κ3) is 25.2. The number of aliphatic hydroxyl groups is 2. The van der Waals surface area contributed by atoms with Gasteiger partial charge in [-0.25, -0.2) is 4.79 Å². The molecule has 2 rings (SSSR count). The first-order valence-corrected chi connectivity index (χ1v) is 27.6. The summed E-state index contributed by atoms with van der Waals surface area (Å²) in [7, 11) is 0. The van der Waals surface area contributed by atoms with Crippen LogP contribution in [0.2, 0.25) is 0 Å². The smallest absolute Gasteiger partial charge is 0.326 e. The molecule has 0 aliphatic rings. The highest BCUT2D eigenvalue weighted by Gasteiger charge is 2.36. The van der Waals surface area contributed by atoms with Crippen molar-refractivity contribution in [1.82, 2.24) is 58.2 Å². The summed E-state index contributed by atoms with van der Waals surface area (Å²) in [4.78, 5) is 184. The van der Waals surface area contributed by atoms with Crippen LogP contribution in [0.25, 0.3) is 10.9 Å². The largest absolute Gasteiger partial charge is 0.481 e. The summed E-state index contributed by atoms with van der Waals surface area (Å²) < 4.78 is 0. The number of nitrogens with one attached hydrogen (secondary N) is 11. The Morgan fingerprint density at radius 3 is 1.49 bits per heavy atom. The number of aromatic amines is 1. The Morgan fingerprint density at radius 1 is 0.523 bits per heavy atom. The first-order valence-electron chi connectivity index (χ1n) is 27.6. The summed E-state index contributed by atoms with van der Waals surface area (Å²) in [5, 5.41) is 63.5. The van der Waals surface area contributed by atoms with Crippen molar-refractivity contribution < 1.29 is 87.5 Å². The van der Waals surface area contributed by atoms with E-state index in [4.69, 9.17) is 22.9 Å². The first-order chi connectivity index (χ1) is 40.3. The second-order valence-electron chi connectivity index (χ2n) is 21.0. The van der Waals surface area contributed by atoms with Crippen molar-refractivity contribution in [2.45, 2.75) is 178 Å². The fraction of sp³-hybridized carbons (Fsp3) is 0.585. The van der Waals surface area contributed by atoms with E-state index in [-0.39, 0.29) is 38.1 Å². The van der Waals surface area contributed by atoms with Gasteiger partial charge in [0.15, 0.2) is 0 Å². The van der Waals surface area contributed by atoms with Gasteiger partial charge in [0.05, 0.1) is 25.2 Å². The lowest BCUT2D eigenvalue weighted by atomic mass is 10.0. The number of aliphatic carboxylic acids is 2. The molecule has 0 spiro atoms. The molecule has 0 bridgehead atoms. The number of rotatable bonds is 39. The zero-order chi connectivity index (χ0) is 65.1. The van der Waals surface area contributed by atoms with Gasteiger partial charge in [0.25, 0.3) is 0 Å². The Kier molecular flexibility index (Phi) is 30.8. The number of hydrogen-bond donors (Lipinski definition) is 19. The molecule has 12 atom stereocenters. The van der Waals surface area contributed by atoms with Gasteiger partial charge in [-0.15, -0.1) is 0 Å². The number of amides is 12. The van der Waals surface area contributed by atoms with Crippen molar-refractivity contribution in [2.24, 2.45) is 28.9 Å². The lowest BCUT2D eigenvalue weighted by molar-refractivity contribution is -0.143. The number of benzene rings is 1. The van der Waals surface area contributed by atoms with Crippen LogP contribution < -0.4 is 76.1 Å². The summed E-state index contributed by atoms with van der Waals surface area (Å²) in [5.41, 5.74) is 23.9. The number of carbonyl (C=O) groups excluding carboxylic acids is 12. The Labute approximate surface area is 494 Å². The quantitative estimate of drug-likeness (QED) is 0.0277. The third-order valence-electron chi connectivity index (χ3n) is 13.1. The number of aromatic nitrogens is 1. The number of primary amides is 2. The van der Waals surface area contributed by atoms with Crippen molar-refractivity contribution in [3.05, 3.63) is 36.0 Å². The van der Waals surface area contributed by atoms with E-state index in [1.54, 1.807) is 26.1 Å². The average Bonchev–Trinajstić information content (AvgIpc) is 3.97. The topological polar surface area (TPSA) is 560 Å². The zero-order valence-corrected chi connectivity index (χ0v) is 48.7. The summed E-state index contributed by atoms with van der Waals surface area (Å²) in [5.74, 6) is -15.4. The monoisotopic (exact) mass is 1220 g/mol. The van der Waals surface area contributed by atoms with Crippen LogP contribution in [0.15, 0.2) is 30.5 Å². The number of carboxylic acid groups (broad SMARTS) is 2. The Balaban J connectivity index is 2.14. The zero-order valence-electron chi connectivity index (χ0n) is 48.7. The van der Waals surface area contributed by atoms with Crippen molar-refractivity contribution >= 4 is 93.7 Å². The molecule has 86 heavy (non-hydrogen) atoms. The number of unbranched alkanes of at least 4 members (excludes halogenated alkanes) is 1. The van der Waals surface area contributed by atoms with E-state index in [2.05, 4.69) is 58.2 Å². The van der Waals surface area contributed by atoms with Gasteiger partial charge >= 0.3 is 11.9 Å². The molecule has 33 heteroatoms. The minimum Gasteiger partial charge on any atom is -0.481 e. The SMILES string of the molecule is CC(C)C[C@H](NC(=O)[C@H](CC(N)=O)NC(=O)[C@H](CCC(N)=O)NC(=O)[C@H](C)NC(=O)[C@H](C)NC(=O)[C@@H](NC(=O)[C@H](CCCCN)NC(=O)[C@H](C)NC(=O)[C@H](CO)NC(=O)[C@H](CCC(=O)O)NC(=O)[C@@H](N)Cc1c[nH]c2ccccc12)[C@@H](C)O)C(=O)O. The van der Waals surface area contributed by atoms with Crippen molar-refractivity contribution in [3.63, 3.8) is 0 Å². The Morgan fingerprint density at radius 2 is 0.977 bits per heavy atom. The van der Waals surface area contributed by atoms with E-state index in [9.17, 15) is 87.5 Å². The maximum atomic E-state index is 13.8. The second-order valence-corrected chi connectivity index (χ2v) is 21.0. The fourth-order valence-corrected chi connectivity index (χ4v) is 8.28. The van der Waals surface area contributed by atoms with Gasteiger partial charge in [0.2, 0.25) is 70.9 Å². The molecular formula is C53H83N15O18. The van der Waals surface area contributed by atoms with Crippen LogP contribution in [0.3, 0.4) is 0 Å².